The molecular formula is C14H23F3N4O3. The molecule has 0 unspecified atom stereocenters. The molecule has 4 amide bonds. The lowest BCUT2D eigenvalue weighted by Crippen LogP contribution is -2.48. The number of carbonyl (C=O) groups is 3. The Hall–Kier alpha value is -1.84. The first-order valence-electron chi connectivity index (χ1n) is 7.85. The number of piperidine rings is 1. The van der Waals surface area contributed by atoms with Gasteiger partial charge in [-0.3, -0.25) is 19.8 Å². The van der Waals surface area contributed by atoms with Crippen LogP contribution < -0.4 is 16.0 Å². The number of hydrogen-bond donors (Lipinski definition) is 3. The van der Waals surface area contributed by atoms with Crippen LogP contribution in [0.1, 0.15) is 26.2 Å². The van der Waals surface area contributed by atoms with Crippen LogP contribution in [0.5, 0.6) is 0 Å². The van der Waals surface area contributed by atoms with E-state index in [2.05, 4.69) is 5.32 Å². The van der Waals surface area contributed by atoms with E-state index in [1.54, 1.807) is 10.2 Å². The number of nitrogens with zero attached hydrogens (tertiary/aromatic N) is 1. The maximum atomic E-state index is 11.9. The van der Waals surface area contributed by atoms with Crippen LogP contribution >= 0.6 is 0 Å². The molecule has 3 N–H and O–H groups in total. The number of amides is 4. The summed E-state index contributed by atoms with van der Waals surface area (Å²) in [6, 6.07) is -1.17. The molecule has 0 aliphatic carbocycles. The Morgan fingerprint density at radius 1 is 1.12 bits per heavy atom. The topological polar surface area (TPSA) is 90.5 Å². The van der Waals surface area contributed by atoms with E-state index in [0.717, 1.165) is 6.42 Å². The molecule has 7 nitrogen and oxygen atoms in total. The van der Waals surface area contributed by atoms with Gasteiger partial charge in [-0.15, -0.1) is 0 Å². The Labute approximate surface area is 138 Å². The summed E-state index contributed by atoms with van der Waals surface area (Å²) in [5, 5.41) is 6.25. The number of alkyl halides is 3. The molecule has 24 heavy (non-hydrogen) atoms. The second kappa shape index (κ2) is 9.45. The van der Waals surface area contributed by atoms with Crippen molar-refractivity contribution in [3.05, 3.63) is 0 Å². The van der Waals surface area contributed by atoms with E-state index in [1.807, 2.05) is 12.2 Å². The van der Waals surface area contributed by atoms with Gasteiger partial charge in [-0.25, -0.2) is 4.79 Å². The molecule has 0 aromatic rings. The lowest BCUT2D eigenvalue weighted by molar-refractivity contribution is -0.127. The van der Waals surface area contributed by atoms with E-state index >= 15 is 0 Å². The van der Waals surface area contributed by atoms with E-state index in [9.17, 15) is 27.6 Å². The van der Waals surface area contributed by atoms with Crippen molar-refractivity contribution in [1.29, 1.82) is 0 Å². The van der Waals surface area contributed by atoms with Crippen LogP contribution in [0, 0.1) is 5.92 Å². The van der Waals surface area contributed by atoms with Gasteiger partial charge in [0, 0.05) is 12.5 Å². The number of carbonyl (C=O) groups excluding carboxylic acids is 3. The number of rotatable bonds is 6. The van der Waals surface area contributed by atoms with E-state index in [1.165, 1.54) is 0 Å². The third kappa shape index (κ3) is 8.14. The molecule has 1 rings (SSSR count). The van der Waals surface area contributed by atoms with Gasteiger partial charge in [0.1, 0.15) is 6.54 Å². The summed E-state index contributed by atoms with van der Waals surface area (Å²) in [6.45, 7) is 2.04. The minimum atomic E-state index is -4.53. The Morgan fingerprint density at radius 2 is 1.75 bits per heavy atom. The fourth-order valence-electron chi connectivity index (χ4n) is 2.34. The minimum Gasteiger partial charge on any atom is -0.356 e. The van der Waals surface area contributed by atoms with E-state index in [-0.39, 0.29) is 18.4 Å². The molecule has 138 valence electrons. The first-order valence-corrected chi connectivity index (χ1v) is 7.85. The molecule has 0 atom stereocenters. The van der Waals surface area contributed by atoms with Crippen LogP contribution in [0.2, 0.25) is 0 Å². The number of likely N-dealkylation sites (tertiary alicyclic amines) is 1. The molecule has 1 fully saturated rings. The van der Waals surface area contributed by atoms with Gasteiger partial charge in [0.15, 0.2) is 0 Å². The summed E-state index contributed by atoms with van der Waals surface area (Å²) < 4.78 is 35.8. The zero-order valence-corrected chi connectivity index (χ0v) is 13.5. The summed E-state index contributed by atoms with van der Waals surface area (Å²) in [6.07, 6.45) is -2.46. The van der Waals surface area contributed by atoms with Crippen LogP contribution in [0.3, 0.4) is 0 Å². The highest BCUT2D eigenvalue weighted by Crippen LogP contribution is 2.17. The Bertz CT molecular complexity index is 449. The van der Waals surface area contributed by atoms with E-state index < -0.39 is 24.7 Å². The van der Waals surface area contributed by atoms with Crippen LogP contribution in [-0.4, -0.2) is 61.6 Å². The standard InChI is InChI=1S/C14H23F3N4O3/c1-2-5-18-12(23)10-3-6-21(7-4-10)8-11(22)20-13(24)19-9-14(15,16)17/h10H,2-9H2,1H3,(H,18,23)(H2,19,20,22,24). The van der Waals surface area contributed by atoms with Gasteiger partial charge in [0.2, 0.25) is 11.8 Å². The van der Waals surface area contributed by atoms with Gasteiger partial charge < -0.3 is 10.6 Å². The zero-order chi connectivity index (χ0) is 18.2. The highest BCUT2D eigenvalue weighted by Gasteiger charge is 2.29. The molecule has 0 bridgehead atoms. The largest absolute Gasteiger partial charge is 0.405 e. The Morgan fingerprint density at radius 3 is 2.29 bits per heavy atom. The number of nitrogens with one attached hydrogen (secondary N) is 3. The average molecular weight is 352 g/mol. The minimum absolute atomic E-state index is 0.00693. The second-order valence-corrected chi connectivity index (χ2v) is 5.69. The van der Waals surface area contributed by atoms with Crippen LogP contribution in [0.4, 0.5) is 18.0 Å². The molecule has 0 radical (unpaired) electrons. The van der Waals surface area contributed by atoms with E-state index in [0.29, 0.717) is 32.5 Å². The summed E-state index contributed by atoms with van der Waals surface area (Å²) in [7, 11) is 0. The van der Waals surface area contributed by atoms with Crippen LogP contribution in [0.15, 0.2) is 0 Å². The summed E-state index contributed by atoms with van der Waals surface area (Å²) >= 11 is 0. The predicted molar refractivity (Wildman–Crippen MR) is 80.1 cm³/mol. The molecule has 0 aromatic heterocycles. The monoisotopic (exact) mass is 352 g/mol. The molecule has 1 saturated heterocycles. The number of halogens is 3. The number of hydrogen-bond acceptors (Lipinski definition) is 4. The van der Waals surface area contributed by atoms with Crippen molar-refractivity contribution in [2.45, 2.75) is 32.4 Å². The normalized spacial score (nSPS) is 16.5. The predicted octanol–water partition coefficient (Wildman–Crippen LogP) is 0.613. The van der Waals surface area contributed by atoms with Crippen LogP contribution in [0.25, 0.3) is 0 Å². The van der Waals surface area contributed by atoms with Gasteiger partial charge in [0.05, 0.1) is 6.54 Å². The van der Waals surface area contributed by atoms with Crippen molar-refractivity contribution in [2.24, 2.45) is 5.92 Å². The molecule has 1 aliphatic heterocycles. The van der Waals surface area contributed by atoms with Crippen LogP contribution in [-0.2, 0) is 9.59 Å². The molecule has 10 heteroatoms. The van der Waals surface area contributed by atoms with Crippen molar-refractivity contribution in [3.8, 4) is 0 Å². The molecule has 1 heterocycles. The quantitative estimate of drug-likeness (QED) is 0.653. The highest BCUT2D eigenvalue weighted by atomic mass is 19.4. The third-order valence-electron chi connectivity index (χ3n) is 3.58. The summed E-state index contributed by atoms with van der Waals surface area (Å²) in [4.78, 5) is 36.4. The summed E-state index contributed by atoms with van der Waals surface area (Å²) in [5.74, 6) is -0.762. The second-order valence-electron chi connectivity index (χ2n) is 5.69. The zero-order valence-electron chi connectivity index (χ0n) is 13.5. The van der Waals surface area contributed by atoms with E-state index in [4.69, 9.17) is 0 Å². The fraction of sp³-hybridized carbons (Fsp3) is 0.786. The van der Waals surface area contributed by atoms with Gasteiger partial charge in [-0.05, 0) is 32.4 Å². The average Bonchev–Trinajstić information content (AvgIpc) is 2.50. The van der Waals surface area contributed by atoms with Gasteiger partial charge in [-0.1, -0.05) is 6.92 Å². The van der Waals surface area contributed by atoms with Crippen molar-refractivity contribution < 1.29 is 27.6 Å². The van der Waals surface area contributed by atoms with Crippen molar-refractivity contribution in [1.82, 2.24) is 20.9 Å². The van der Waals surface area contributed by atoms with Gasteiger partial charge in [0.25, 0.3) is 0 Å². The number of urea groups is 1. The molecule has 1 aliphatic rings. The van der Waals surface area contributed by atoms with Crippen molar-refractivity contribution >= 4 is 17.8 Å². The van der Waals surface area contributed by atoms with Gasteiger partial charge in [-0.2, -0.15) is 13.2 Å². The molecule has 0 aromatic carbocycles. The van der Waals surface area contributed by atoms with Gasteiger partial charge >= 0.3 is 12.2 Å². The SMILES string of the molecule is CCCNC(=O)C1CCN(CC(=O)NC(=O)NCC(F)(F)F)CC1. The van der Waals surface area contributed by atoms with Crippen molar-refractivity contribution in [2.75, 3.05) is 32.7 Å². The Balaban J connectivity index is 2.25. The molecule has 0 spiro atoms. The first-order chi connectivity index (χ1) is 11.2. The lowest BCUT2D eigenvalue weighted by Gasteiger charge is -2.30. The number of imide groups is 1. The third-order valence-corrected chi connectivity index (χ3v) is 3.58. The fourth-order valence-corrected chi connectivity index (χ4v) is 2.34. The maximum absolute atomic E-state index is 11.9. The molecular weight excluding hydrogens is 329 g/mol. The maximum Gasteiger partial charge on any atom is 0.405 e. The summed E-state index contributed by atoms with van der Waals surface area (Å²) in [5.41, 5.74) is 0. The molecule has 0 saturated carbocycles. The lowest BCUT2D eigenvalue weighted by atomic mass is 9.96. The highest BCUT2D eigenvalue weighted by molar-refractivity contribution is 5.95. The first kappa shape index (κ1) is 20.2. The smallest absolute Gasteiger partial charge is 0.356 e. The Kier molecular flexibility index (Phi) is 7.96. The van der Waals surface area contributed by atoms with Crippen molar-refractivity contribution in [3.63, 3.8) is 0 Å².